The largest absolute Gasteiger partial charge is 0.340 e. The average Bonchev–Trinajstić information content (AvgIpc) is 2.28. The molecule has 0 aromatic rings. The molecule has 1 heterocycles. The summed E-state index contributed by atoms with van der Waals surface area (Å²) >= 11 is 0. The molecule has 0 saturated carbocycles. The van der Waals surface area contributed by atoms with Gasteiger partial charge in [0.1, 0.15) is 0 Å². The van der Waals surface area contributed by atoms with E-state index in [1.165, 1.54) is 0 Å². The summed E-state index contributed by atoms with van der Waals surface area (Å²) in [6, 6.07) is 0.446. The van der Waals surface area contributed by atoms with Crippen molar-refractivity contribution in [2.75, 3.05) is 19.6 Å². The molecular formula is C13H26N2O. The first-order valence-corrected chi connectivity index (χ1v) is 6.71. The van der Waals surface area contributed by atoms with Crippen LogP contribution in [0.25, 0.3) is 0 Å². The third-order valence-electron chi connectivity index (χ3n) is 3.30. The lowest BCUT2D eigenvalue weighted by Crippen LogP contribution is -2.52. The maximum atomic E-state index is 12.3. The zero-order valence-electron chi connectivity index (χ0n) is 11.0. The number of hydrogen-bond acceptors (Lipinski definition) is 2. The molecule has 0 aromatic carbocycles. The Kier molecular flexibility index (Phi) is 5.81. The molecule has 1 N–H and O–H groups in total. The Balaban J connectivity index is 2.51. The number of nitrogens with zero attached hydrogens (tertiary/aromatic N) is 1. The molecule has 1 aliphatic rings. The lowest BCUT2D eigenvalue weighted by Gasteiger charge is -2.34. The van der Waals surface area contributed by atoms with E-state index in [1.807, 2.05) is 0 Å². The van der Waals surface area contributed by atoms with E-state index in [4.69, 9.17) is 0 Å². The molecule has 3 heteroatoms. The monoisotopic (exact) mass is 226 g/mol. The topological polar surface area (TPSA) is 32.3 Å². The molecule has 0 bridgehead atoms. The first kappa shape index (κ1) is 13.5. The second kappa shape index (κ2) is 6.89. The van der Waals surface area contributed by atoms with E-state index in [-0.39, 0.29) is 5.92 Å². The summed E-state index contributed by atoms with van der Waals surface area (Å²) < 4.78 is 0. The molecule has 0 aliphatic carbocycles. The second-order valence-corrected chi connectivity index (χ2v) is 4.91. The van der Waals surface area contributed by atoms with Crippen LogP contribution in [0, 0.1) is 5.92 Å². The molecule has 16 heavy (non-hydrogen) atoms. The zero-order chi connectivity index (χ0) is 12.0. The van der Waals surface area contributed by atoms with Gasteiger partial charge in [0.2, 0.25) is 5.91 Å². The van der Waals surface area contributed by atoms with Crippen LogP contribution < -0.4 is 5.32 Å². The molecule has 1 atom stereocenters. The number of rotatable bonds is 5. The lowest BCUT2D eigenvalue weighted by molar-refractivity contribution is -0.137. The van der Waals surface area contributed by atoms with Crippen LogP contribution in [0.2, 0.25) is 0 Å². The average molecular weight is 226 g/mol. The highest BCUT2D eigenvalue weighted by Crippen LogP contribution is 2.17. The number of piperazine rings is 1. The Morgan fingerprint density at radius 3 is 2.50 bits per heavy atom. The summed E-state index contributed by atoms with van der Waals surface area (Å²) in [5.41, 5.74) is 0. The Hall–Kier alpha value is -0.570. The van der Waals surface area contributed by atoms with Gasteiger partial charge in [0.25, 0.3) is 0 Å². The maximum absolute atomic E-state index is 12.3. The molecule has 3 nitrogen and oxygen atoms in total. The zero-order valence-corrected chi connectivity index (χ0v) is 11.0. The molecular weight excluding hydrogens is 200 g/mol. The molecule has 0 spiro atoms. The molecule has 0 aromatic heterocycles. The van der Waals surface area contributed by atoms with Crippen molar-refractivity contribution in [3.8, 4) is 0 Å². The van der Waals surface area contributed by atoms with Gasteiger partial charge < -0.3 is 10.2 Å². The van der Waals surface area contributed by atoms with E-state index in [1.54, 1.807) is 0 Å². The van der Waals surface area contributed by atoms with Crippen molar-refractivity contribution < 1.29 is 4.79 Å². The van der Waals surface area contributed by atoms with Crippen molar-refractivity contribution in [1.82, 2.24) is 10.2 Å². The standard InChI is InChI=1S/C13H26N2O/c1-4-6-12(7-5-2)13(16)15-9-8-14-11(3)10-15/h11-12,14H,4-10H2,1-3H3/t11-/m0/s1. The van der Waals surface area contributed by atoms with Gasteiger partial charge >= 0.3 is 0 Å². The maximum Gasteiger partial charge on any atom is 0.225 e. The van der Waals surface area contributed by atoms with E-state index in [0.717, 1.165) is 45.3 Å². The van der Waals surface area contributed by atoms with Gasteiger partial charge in [0.15, 0.2) is 0 Å². The predicted octanol–water partition coefficient (Wildman–Crippen LogP) is 2.02. The van der Waals surface area contributed by atoms with Gasteiger partial charge in [0, 0.05) is 31.6 Å². The Morgan fingerprint density at radius 2 is 2.00 bits per heavy atom. The molecule has 0 unspecified atom stereocenters. The molecule has 1 saturated heterocycles. The van der Waals surface area contributed by atoms with Gasteiger partial charge in [0.05, 0.1) is 0 Å². The molecule has 1 rings (SSSR count). The summed E-state index contributed by atoms with van der Waals surface area (Å²) in [7, 11) is 0. The predicted molar refractivity (Wildman–Crippen MR) is 67.4 cm³/mol. The molecule has 1 fully saturated rings. The van der Waals surface area contributed by atoms with E-state index >= 15 is 0 Å². The highest BCUT2D eigenvalue weighted by Gasteiger charge is 2.25. The summed E-state index contributed by atoms with van der Waals surface area (Å²) in [6.45, 7) is 9.18. The van der Waals surface area contributed by atoms with Crippen LogP contribution in [0.15, 0.2) is 0 Å². The third kappa shape index (κ3) is 3.78. The number of amides is 1. The van der Waals surface area contributed by atoms with E-state index in [0.29, 0.717) is 11.9 Å². The first-order chi connectivity index (χ1) is 7.69. The molecule has 1 amide bonds. The summed E-state index contributed by atoms with van der Waals surface area (Å²) in [4.78, 5) is 14.4. The fraction of sp³-hybridized carbons (Fsp3) is 0.923. The Labute approximate surface area is 99.6 Å². The van der Waals surface area contributed by atoms with Gasteiger partial charge in [-0.15, -0.1) is 0 Å². The number of carbonyl (C=O) groups is 1. The van der Waals surface area contributed by atoms with E-state index in [9.17, 15) is 4.79 Å². The van der Waals surface area contributed by atoms with Crippen LogP contribution in [0.1, 0.15) is 46.5 Å². The summed E-state index contributed by atoms with van der Waals surface area (Å²) in [5.74, 6) is 0.650. The summed E-state index contributed by atoms with van der Waals surface area (Å²) in [6.07, 6.45) is 4.31. The van der Waals surface area contributed by atoms with Crippen molar-refractivity contribution in [3.63, 3.8) is 0 Å². The second-order valence-electron chi connectivity index (χ2n) is 4.91. The fourth-order valence-electron chi connectivity index (χ4n) is 2.48. The van der Waals surface area contributed by atoms with E-state index in [2.05, 4.69) is 31.0 Å². The highest BCUT2D eigenvalue weighted by atomic mass is 16.2. The van der Waals surface area contributed by atoms with Crippen molar-refractivity contribution in [3.05, 3.63) is 0 Å². The third-order valence-corrected chi connectivity index (χ3v) is 3.30. The molecule has 0 radical (unpaired) electrons. The minimum Gasteiger partial charge on any atom is -0.340 e. The van der Waals surface area contributed by atoms with Crippen LogP contribution in [-0.2, 0) is 4.79 Å². The normalized spacial score (nSPS) is 21.5. The molecule has 94 valence electrons. The van der Waals surface area contributed by atoms with E-state index < -0.39 is 0 Å². The minimum absolute atomic E-state index is 0.264. The Morgan fingerprint density at radius 1 is 1.38 bits per heavy atom. The van der Waals surface area contributed by atoms with Crippen molar-refractivity contribution in [2.24, 2.45) is 5.92 Å². The number of hydrogen-bond donors (Lipinski definition) is 1. The fourth-order valence-corrected chi connectivity index (χ4v) is 2.48. The van der Waals surface area contributed by atoms with Crippen LogP contribution in [0.3, 0.4) is 0 Å². The van der Waals surface area contributed by atoms with Gasteiger partial charge in [-0.1, -0.05) is 26.7 Å². The van der Waals surface area contributed by atoms with Gasteiger partial charge in [-0.25, -0.2) is 0 Å². The van der Waals surface area contributed by atoms with Crippen LogP contribution in [0.5, 0.6) is 0 Å². The van der Waals surface area contributed by atoms with Gasteiger partial charge in [-0.05, 0) is 19.8 Å². The lowest BCUT2D eigenvalue weighted by atomic mass is 9.96. The quantitative estimate of drug-likeness (QED) is 0.778. The van der Waals surface area contributed by atoms with Gasteiger partial charge in [-0.2, -0.15) is 0 Å². The van der Waals surface area contributed by atoms with Crippen LogP contribution in [0.4, 0.5) is 0 Å². The van der Waals surface area contributed by atoms with Crippen LogP contribution >= 0.6 is 0 Å². The minimum atomic E-state index is 0.264. The van der Waals surface area contributed by atoms with Crippen molar-refractivity contribution >= 4 is 5.91 Å². The highest BCUT2D eigenvalue weighted by molar-refractivity contribution is 5.79. The summed E-state index contributed by atoms with van der Waals surface area (Å²) in [5, 5.41) is 3.38. The van der Waals surface area contributed by atoms with Crippen molar-refractivity contribution in [1.29, 1.82) is 0 Å². The Bertz CT molecular complexity index is 205. The van der Waals surface area contributed by atoms with Crippen LogP contribution in [-0.4, -0.2) is 36.5 Å². The SMILES string of the molecule is CCCC(CCC)C(=O)N1CCN[C@@H](C)C1. The van der Waals surface area contributed by atoms with Gasteiger partial charge in [-0.3, -0.25) is 4.79 Å². The smallest absolute Gasteiger partial charge is 0.225 e. The molecule has 1 aliphatic heterocycles. The van der Waals surface area contributed by atoms with Crippen molar-refractivity contribution in [2.45, 2.75) is 52.5 Å². The number of nitrogens with one attached hydrogen (secondary N) is 1. The first-order valence-electron chi connectivity index (χ1n) is 6.71. The number of carbonyl (C=O) groups excluding carboxylic acids is 1.